The van der Waals surface area contributed by atoms with E-state index in [4.69, 9.17) is 14.7 Å². The summed E-state index contributed by atoms with van der Waals surface area (Å²) < 4.78 is 10.6. The Bertz CT molecular complexity index is 499. The van der Waals surface area contributed by atoms with Crippen LogP contribution in [0, 0.1) is 21.4 Å². The number of nitriles is 1. The molecular formula is C13H17N3O4. The van der Waals surface area contributed by atoms with Gasteiger partial charge in [0.05, 0.1) is 36.8 Å². The molecule has 1 aromatic rings. The third-order valence-electron chi connectivity index (χ3n) is 2.63. The van der Waals surface area contributed by atoms with Crippen LogP contribution >= 0.6 is 0 Å². The fraction of sp³-hybridized carbons (Fsp3) is 0.462. The number of nitrogens with one attached hydrogen (secondary N) is 1. The number of hydrogen-bond donors (Lipinski definition) is 1. The second-order valence-electron chi connectivity index (χ2n) is 3.97. The van der Waals surface area contributed by atoms with Crippen LogP contribution in [0.3, 0.4) is 0 Å². The average Bonchev–Trinajstić information content (AvgIpc) is 2.46. The highest BCUT2D eigenvalue weighted by Crippen LogP contribution is 2.31. The molecule has 7 heteroatoms. The maximum Gasteiger partial charge on any atom is 0.273 e. The molecule has 1 rings (SSSR count). The highest BCUT2D eigenvalue weighted by Gasteiger charge is 2.13. The summed E-state index contributed by atoms with van der Waals surface area (Å²) in [5.74, 6) is 0.724. The van der Waals surface area contributed by atoms with Crippen LogP contribution in [-0.2, 0) is 0 Å². The summed E-state index contributed by atoms with van der Waals surface area (Å²) in [5.41, 5.74) is -0.0654. The smallest absolute Gasteiger partial charge is 0.273 e. The SMILES string of the molecule is CCNC(C#N)CCOc1cc([N+](=O)[O-])ccc1OC. The molecule has 0 radical (unpaired) electrons. The molecule has 0 aromatic heterocycles. The molecule has 0 saturated heterocycles. The van der Waals surface area contributed by atoms with E-state index in [1.165, 1.54) is 25.3 Å². The van der Waals surface area contributed by atoms with Crippen molar-refractivity contribution in [3.8, 4) is 17.6 Å². The van der Waals surface area contributed by atoms with Gasteiger partial charge in [0.25, 0.3) is 5.69 Å². The van der Waals surface area contributed by atoms with E-state index in [9.17, 15) is 10.1 Å². The van der Waals surface area contributed by atoms with E-state index in [0.717, 1.165) is 0 Å². The van der Waals surface area contributed by atoms with Gasteiger partial charge in [-0.1, -0.05) is 6.92 Å². The zero-order valence-corrected chi connectivity index (χ0v) is 11.5. The monoisotopic (exact) mass is 279 g/mol. The summed E-state index contributed by atoms with van der Waals surface area (Å²) in [5, 5.41) is 22.6. The Labute approximate surface area is 117 Å². The minimum atomic E-state index is -0.497. The van der Waals surface area contributed by atoms with Crippen molar-refractivity contribution in [2.45, 2.75) is 19.4 Å². The van der Waals surface area contributed by atoms with Crippen molar-refractivity contribution >= 4 is 5.69 Å². The standard InChI is InChI=1S/C13H17N3O4/c1-3-15-10(9-14)6-7-20-13-8-11(16(17)18)4-5-12(13)19-2/h4-5,8,10,15H,3,6-7H2,1-2H3. The van der Waals surface area contributed by atoms with Gasteiger partial charge in [-0.2, -0.15) is 5.26 Å². The first-order valence-corrected chi connectivity index (χ1v) is 6.20. The van der Waals surface area contributed by atoms with E-state index in [2.05, 4.69) is 11.4 Å². The second kappa shape index (κ2) is 7.96. The van der Waals surface area contributed by atoms with E-state index in [0.29, 0.717) is 24.5 Å². The number of nitrogens with zero attached hydrogens (tertiary/aromatic N) is 2. The first-order valence-electron chi connectivity index (χ1n) is 6.20. The fourth-order valence-corrected chi connectivity index (χ4v) is 1.64. The third-order valence-corrected chi connectivity index (χ3v) is 2.63. The molecule has 1 atom stereocenters. The number of non-ortho nitro benzene ring substituents is 1. The zero-order valence-electron chi connectivity index (χ0n) is 11.5. The van der Waals surface area contributed by atoms with E-state index in [1.807, 2.05) is 6.92 Å². The zero-order chi connectivity index (χ0) is 15.0. The Morgan fingerprint density at radius 3 is 2.80 bits per heavy atom. The van der Waals surface area contributed by atoms with E-state index in [-0.39, 0.29) is 18.3 Å². The van der Waals surface area contributed by atoms with Crippen molar-refractivity contribution < 1.29 is 14.4 Å². The predicted octanol–water partition coefficient (Wildman–Crippen LogP) is 1.87. The Morgan fingerprint density at radius 2 is 2.25 bits per heavy atom. The summed E-state index contributed by atoms with van der Waals surface area (Å²) in [7, 11) is 1.46. The lowest BCUT2D eigenvalue weighted by molar-refractivity contribution is -0.385. The number of rotatable bonds is 8. The van der Waals surface area contributed by atoms with Gasteiger partial charge in [0, 0.05) is 12.5 Å². The van der Waals surface area contributed by atoms with Gasteiger partial charge in [0.15, 0.2) is 11.5 Å². The van der Waals surface area contributed by atoms with Gasteiger partial charge in [-0.25, -0.2) is 0 Å². The molecule has 1 aromatic carbocycles. The van der Waals surface area contributed by atoms with Crippen LogP contribution in [-0.4, -0.2) is 31.2 Å². The predicted molar refractivity (Wildman–Crippen MR) is 72.8 cm³/mol. The number of nitro benzene ring substituents is 1. The lowest BCUT2D eigenvalue weighted by Crippen LogP contribution is -2.28. The van der Waals surface area contributed by atoms with Crippen LogP contribution in [0.1, 0.15) is 13.3 Å². The fourth-order valence-electron chi connectivity index (χ4n) is 1.64. The number of ether oxygens (including phenoxy) is 2. The maximum absolute atomic E-state index is 10.7. The molecular weight excluding hydrogens is 262 g/mol. The minimum Gasteiger partial charge on any atom is -0.493 e. The highest BCUT2D eigenvalue weighted by atomic mass is 16.6. The number of methoxy groups -OCH3 is 1. The normalized spacial score (nSPS) is 11.4. The Balaban J connectivity index is 2.68. The van der Waals surface area contributed by atoms with Gasteiger partial charge in [-0.15, -0.1) is 0 Å². The molecule has 1 unspecified atom stereocenters. The van der Waals surface area contributed by atoms with Crippen molar-refractivity contribution in [1.29, 1.82) is 5.26 Å². The molecule has 0 bridgehead atoms. The van der Waals surface area contributed by atoms with Crippen LogP contribution in [0.5, 0.6) is 11.5 Å². The average molecular weight is 279 g/mol. The van der Waals surface area contributed by atoms with Gasteiger partial charge in [-0.05, 0) is 12.6 Å². The largest absolute Gasteiger partial charge is 0.493 e. The summed E-state index contributed by atoms with van der Waals surface area (Å²) in [6.45, 7) is 2.87. The van der Waals surface area contributed by atoms with Crippen LogP contribution < -0.4 is 14.8 Å². The number of nitro groups is 1. The van der Waals surface area contributed by atoms with Gasteiger partial charge in [0.1, 0.15) is 0 Å². The number of benzene rings is 1. The molecule has 7 nitrogen and oxygen atoms in total. The summed E-state index contributed by atoms with van der Waals surface area (Å²) in [4.78, 5) is 10.2. The Hall–Kier alpha value is -2.33. The van der Waals surface area contributed by atoms with Crippen LogP contribution in [0.25, 0.3) is 0 Å². The maximum atomic E-state index is 10.7. The lowest BCUT2D eigenvalue weighted by atomic mass is 10.2. The third kappa shape index (κ3) is 4.40. The molecule has 0 aliphatic rings. The van der Waals surface area contributed by atoms with Crippen molar-refractivity contribution in [3.05, 3.63) is 28.3 Å². The number of hydrogen-bond acceptors (Lipinski definition) is 6. The molecule has 108 valence electrons. The van der Waals surface area contributed by atoms with Crippen molar-refractivity contribution in [1.82, 2.24) is 5.32 Å². The van der Waals surface area contributed by atoms with Crippen molar-refractivity contribution in [2.24, 2.45) is 0 Å². The molecule has 0 saturated carbocycles. The van der Waals surface area contributed by atoms with Gasteiger partial charge in [0.2, 0.25) is 0 Å². The topological polar surface area (TPSA) is 97.4 Å². The quantitative estimate of drug-likeness (QED) is 0.576. The minimum absolute atomic E-state index is 0.0654. The lowest BCUT2D eigenvalue weighted by Gasteiger charge is -2.12. The van der Waals surface area contributed by atoms with Gasteiger partial charge in [-0.3, -0.25) is 10.1 Å². The van der Waals surface area contributed by atoms with Crippen molar-refractivity contribution in [2.75, 3.05) is 20.3 Å². The molecule has 0 amide bonds. The van der Waals surface area contributed by atoms with Crippen LogP contribution in [0.4, 0.5) is 5.69 Å². The molecule has 20 heavy (non-hydrogen) atoms. The summed E-state index contributed by atoms with van der Waals surface area (Å²) in [6.07, 6.45) is 0.482. The van der Waals surface area contributed by atoms with E-state index < -0.39 is 4.92 Å². The molecule has 0 aliphatic heterocycles. The Kier molecular flexibility index (Phi) is 6.26. The molecule has 0 heterocycles. The molecule has 0 aliphatic carbocycles. The highest BCUT2D eigenvalue weighted by molar-refractivity contribution is 5.48. The first kappa shape index (κ1) is 15.7. The van der Waals surface area contributed by atoms with Crippen LogP contribution in [0.2, 0.25) is 0 Å². The van der Waals surface area contributed by atoms with E-state index >= 15 is 0 Å². The molecule has 1 N–H and O–H groups in total. The Morgan fingerprint density at radius 1 is 1.50 bits per heavy atom. The second-order valence-corrected chi connectivity index (χ2v) is 3.97. The van der Waals surface area contributed by atoms with Crippen molar-refractivity contribution in [3.63, 3.8) is 0 Å². The molecule has 0 spiro atoms. The summed E-state index contributed by atoms with van der Waals surface area (Å²) >= 11 is 0. The van der Waals surface area contributed by atoms with E-state index in [1.54, 1.807) is 0 Å². The van der Waals surface area contributed by atoms with Gasteiger partial charge >= 0.3 is 0 Å². The summed E-state index contributed by atoms with van der Waals surface area (Å²) in [6, 6.07) is 5.96. The van der Waals surface area contributed by atoms with Gasteiger partial charge < -0.3 is 14.8 Å². The molecule has 0 fully saturated rings. The van der Waals surface area contributed by atoms with Crippen LogP contribution in [0.15, 0.2) is 18.2 Å². The first-order chi connectivity index (χ1) is 9.62.